The van der Waals surface area contributed by atoms with Crippen molar-refractivity contribution in [2.24, 2.45) is 0 Å². The van der Waals surface area contributed by atoms with Gasteiger partial charge >= 0.3 is 0 Å². The van der Waals surface area contributed by atoms with E-state index >= 15 is 0 Å². The van der Waals surface area contributed by atoms with Crippen LogP contribution in [0, 0.1) is 0 Å². The first-order valence-corrected chi connectivity index (χ1v) is 6.70. The van der Waals surface area contributed by atoms with Crippen molar-refractivity contribution < 1.29 is 0 Å². The van der Waals surface area contributed by atoms with Crippen LogP contribution in [0.4, 0.5) is 5.69 Å². The van der Waals surface area contributed by atoms with Gasteiger partial charge in [-0.3, -0.25) is 0 Å². The van der Waals surface area contributed by atoms with Crippen molar-refractivity contribution in [1.82, 2.24) is 0 Å². The number of halogens is 1. The average molecular weight is 256 g/mol. The van der Waals surface area contributed by atoms with Crippen molar-refractivity contribution in [3.8, 4) is 0 Å². The van der Waals surface area contributed by atoms with E-state index < -0.39 is 0 Å². The summed E-state index contributed by atoms with van der Waals surface area (Å²) in [5.74, 6) is 0.947. The van der Waals surface area contributed by atoms with E-state index in [1.165, 1.54) is 4.88 Å². The summed E-state index contributed by atoms with van der Waals surface area (Å²) in [5.41, 5.74) is 6.65. The Bertz CT molecular complexity index is 440. The molecule has 0 amide bonds. The number of anilines is 1. The second-order valence-electron chi connectivity index (χ2n) is 3.05. The lowest BCUT2D eigenvalue weighted by atomic mass is 10.3. The van der Waals surface area contributed by atoms with Gasteiger partial charge in [-0.15, -0.1) is 23.1 Å². The van der Waals surface area contributed by atoms with Gasteiger partial charge in [0, 0.05) is 26.2 Å². The summed E-state index contributed by atoms with van der Waals surface area (Å²) in [4.78, 5) is 2.40. The lowest BCUT2D eigenvalue weighted by Gasteiger charge is -2.04. The Hall–Kier alpha value is -0.640. The zero-order valence-corrected chi connectivity index (χ0v) is 10.3. The van der Waals surface area contributed by atoms with Gasteiger partial charge in [-0.2, -0.15) is 0 Å². The summed E-state index contributed by atoms with van der Waals surface area (Å²) in [6.07, 6.45) is 0. The van der Waals surface area contributed by atoms with Crippen LogP contribution in [-0.4, -0.2) is 0 Å². The van der Waals surface area contributed by atoms with Crippen molar-refractivity contribution in [1.29, 1.82) is 0 Å². The first kappa shape index (κ1) is 10.9. The van der Waals surface area contributed by atoms with Gasteiger partial charge in [0.1, 0.15) is 0 Å². The van der Waals surface area contributed by atoms with Crippen LogP contribution in [-0.2, 0) is 5.75 Å². The molecule has 0 aliphatic heterocycles. The molecule has 2 aromatic rings. The maximum atomic E-state index is 5.91. The SMILES string of the molecule is Nc1ccc(Cl)cc1SCc1cccs1. The van der Waals surface area contributed by atoms with E-state index in [0.717, 1.165) is 21.4 Å². The minimum Gasteiger partial charge on any atom is -0.398 e. The predicted octanol–water partition coefficient (Wildman–Crippen LogP) is 4.28. The molecular formula is C11H10ClNS2. The fourth-order valence-corrected chi connectivity index (χ4v) is 3.19. The van der Waals surface area contributed by atoms with Crippen LogP contribution in [0.25, 0.3) is 0 Å². The molecule has 1 aromatic carbocycles. The van der Waals surface area contributed by atoms with Crippen molar-refractivity contribution in [2.75, 3.05) is 5.73 Å². The molecule has 2 rings (SSSR count). The van der Waals surface area contributed by atoms with Gasteiger partial charge in [-0.25, -0.2) is 0 Å². The quantitative estimate of drug-likeness (QED) is 0.655. The monoisotopic (exact) mass is 255 g/mol. The number of hydrogen-bond acceptors (Lipinski definition) is 3. The summed E-state index contributed by atoms with van der Waals surface area (Å²) in [5, 5.41) is 2.81. The first-order valence-electron chi connectivity index (χ1n) is 4.46. The molecule has 0 bridgehead atoms. The van der Waals surface area contributed by atoms with E-state index in [9.17, 15) is 0 Å². The second kappa shape index (κ2) is 4.92. The molecule has 0 aliphatic rings. The third kappa shape index (κ3) is 2.91. The van der Waals surface area contributed by atoms with E-state index in [0.29, 0.717) is 0 Å². The largest absolute Gasteiger partial charge is 0.398 e. The highest BCUT2D eigenvalue weighted by Gasteiger charge is 2.02. The fourth-order valence-electron chi connectivity index (χ4n) is 1.18. The van der Waals surface area contributed by atoms with Crippen LogP contribution >= 0.6 is 34.7 Å². The summed E-state index contributed by atoms with van der Waals surface area (Å²) >= 11 is 9.39. The van der Waals surface area contributed by atoms with Gasteiger partial charge in [0.15, 0.2) is 0 Å². The number of nitrogens with two attached hydrogens (primary N) is 1. The molecule has 0 saturated carbocycles. The minimum atomic E-state index is 0.734. The van der Waals surface area contributed by atoms with E-state index in [2.05, 4.69) is 17.5 Å². The standard InChI is InChI=1S/C11H10ClNS2/c12-8-3-4-10(13)11(6-8)15-7-9-2-1-5-14-9/h1-6H,7,13H2. The topological polar surface area (TPSA) is 26.0 Å². The molecule has 0 atom stereocenters. The number of nitrogen functional groups attached to an aromatic ring is 1. The predicted molar refractivity (Wildman–Crippen MR) is 69.7 cm³/mol. The summed E-state index contributed by atoms with van der Waals surface area (Å²) in [7, 11) is 0. The van der Waals surface area contributed by atoms with Crippen LogP contribution < -0.4 is 5.73 Å². The van der Waals surface area contributed by atoms with Crippen molar-refractivity contribution in [3.05, 3.63) is 45.6 Å². The second-order valence-corrected chi connectivity index (χ2v) is 5.54. The van der Waals surface area contributed by atoms with Gasteiger partial charge in [0.25, 0.3) is 0 Å². The first-order chi connectivity index (χ1) is 7.25. The highest BCUT2D eigenvalue weighted by Crippen LogP contribution is 2.31. The molecule has 0 fully saturated rings. The van der Waals surface area contributed by atoms with Gasteiger partial charge in [0.05, 0.1) is 0 Å². The Labute approximate surface area is 102 Å². The molecule has 4 heteroatoms. The Morgan fingerprint density at radius 2 is 2.20 bits per heavy atom. The Balaban J connectivity index is 2.07. The maximum absolute atomic E-state index is 5.91. The molecule has 1 aromatic heterocycles. The molecule has 0 unspecified atom stereocenters. The molecule has 0 spiro atoms. The lowest BCUT2D eigenvalue weighted by Crippen LogP contribution is -1.88. The Kier molecular flexibility index (Phi) is 3.57. The Morgan fingerprint density at radius 3 is 2.93 bits per heavy atom. The molecule has 78 valence electrons. The van der Waals surface area contributed by atoms with Crippen LogP contribution in [0.1, 0.15) is 4.88 Å². The Morgan fingerprint density at radius 1 is 1.33 bits per heavy atom. The zero-order chi connectivity index (χ0) is 10.7. The molecule has 0 aliphatic carbocycles. The van der Waals surface area contributed by atoms with Gasteiger partial charge in [0.2, 0.25) is 0 Å². The van der Waals surface area contributed by atoms with Crippen molar-refractivity contribution >= 4 is 40.4 Å². The van der Waals surface area contributed by atoms with Crippen molar-refractivity contribution in [3.63, 3.8) is 0 Å². The van der Waals surface area contributed by atoms with Crippen molar-refractivity contribution in [2.45, 2.75) is 10.6 Å². The third-order valence-electron chi connectivity index (χ3n) is 1.93. The third-order valence-corrected chi connectivity index (χ3v) is 4.34. The van der Waals surface area contributed by atoms with Gasteiger partial charge in [-0.1, -0.05) is 17.7 Å². The van der Waals surface area contributed by atoms with Crippen LogP contribution in [0.5, 0.6) is 0 Å². The van der Waals surface area contributed by atoms with Crippen LogP contribution in [0.3, 0.4) is 0 Å². The summed E-state index contributed by atoms with van der Waals surface area (Å²) in [6, 6.07) is 9.75. The molecule has 0 radical (unpaired) electrons. The molecule has 2 N–H and O–H groups in total. The smallest absolute Gasteiger partial charge is 0.0453 e. The highest BCUT2D eigenvalue weighted by molar-refractivity contribution is 7.98. The number of benzene rings is 1. The van der Waals surface area contributed by atoms with Crippen LogP contribution in [0.15, 0.2) is 40.6 Å². The molecule has 15 heavy (non-hydrogen) atoms. The van der Waals surface area contributed by atoms with Gasteiger partial charge in [-0.05, 0) is 29.6 Å². The zero-order valence-electron chi connectivity index (χ0n) is 7.94. The number of rotatable bonds is 3. The average Bonchev–Trinajstić information content (AvgIpc) is 2.72. The number of thioether (sulfide) groups is 1. The molecular weight excluding hydrogens is 246 g/mol. The molecule has 0 saturated heterocycles. The van der Waals surface area contributed by atoms with E-state index in [4.69, 9.17) is 17.3 Å². The van der Waals surface area contributed by atoms with E-state index in [-0.39, 0.29) is 0 Å². The molecule has 1 nitrogen and oxygen atoms in total. The summed E-state index contributed by atoms with van der Waals surface area (Å²) in [6.45, 7) is 0. The van der Waals surface area contributed by atoms with Crippen LogP contribution in [0.2, 0.25) is 5.02 Å². The van der Waals surface area contributed by atoms with Gasteiger partial charge < -0.3 is 5.73 Å². The highest BCUT2D eigenvalue weighted by atomic mass is 35.5. The summed E-state index contributed by atoms with van der Waals surface area (Å²) < 4.78 is 0. The minimum absolute atomic E-state index is 0.734. The fraction of sp³-hybridized carbons (Fsp3) is 0.0909. The molecule has 1 heterocycles. The van der Waals surface area contributed by atoms with E-state index in [1.807, 2.05) is 18.2 Å². The normalized spacial score (nSPS) is 10.5. The maximum Gasteiger partial charge on any atom is 0.0453 e. The van der Waals surface area contributed by atoms with E-state index in [1.54, 1.807) is 23.1 Å². The lowest BCUT2D eigenvalue weighted by molar-refractivity contribution is 1.43. The number of thiophene rings is 1. The number of hydrogen-bond donors (Lipinski definition) is 1.